The Morgan fingerprint density at radius 3 is 2.65 bits per heavy atom. The number of rotatable bonds is 2. The molecule has 2 aromatic carbocycles. The molecule has 1 fully saturated rings. The van der Waals surface area contributed by atoms with Gasteiger partial charge in [-0.3, -0.25) is 9.78 Å². The van der Waals surface area contributed by atoms with Crippen LogP contribution in [0.2, 0.25) is 0 Å². The van der Waals surface area contributed by atoms with Crippen molar-refractivity contribution in [2.75, 3.05) is 13.1 Å². The zero-order valence-corrected chi connectivity index (χ0v) is 14.8. The van der Waals surface area contributed by atoms with Gasteiger partial charge < -0.3 is 10.0 Å². The lowest BCUT2D eigenvalue weighted by Gasteiger charge is -2.36. The van der Waals surface area contributed by atoms with Crippen molar-refractivity contribution in [3.05, 3.63) is 77.6 Å². The smallest absolute Gasteiger partial charge is 0.255 e. The highest BCUT2D eigenvalue weighted by Gasteiger charge is 2.31. The minimum atomic E-state index is -0.563. The summed E-state index contributed by atoms with van der Waals surface area (Å²) in [6, 6.07) is 18.2. The van der Waals surface area contributed by atoms with Crippen molar-refractivity contribution in [3.63, 3.8) is 0 Å². The van der Waals surface area contributed by atoms with Gasteiger partial charge in [-0.15, -0.1) is 0 Å². The van der Waals surface area contributed by atoms with E-state index in [1.807, 2.05) is 25.1 Å². The molecule has 132 valence electrons. The number of amides is 1. The summed E-state index contributed by atoms with van der Waals surface area (Å²) in [7, 11) is 0. The third-order valence-electron chi connectivity index (χ3n) is 5.23. The number of aliphatic hydroxyl groups is 1. The number of likely N-dealkylation sites (tertiary alicyclic amines) is 1. The Hall–Kier alpha value is -2.72. The van der Waals surface area contributed by atoms with E-state index in [0.29, 0.717) is 18.7 Å². The number of aliphatic hydroxyl groups excluding tert-OH is 1. The monoisotopic (exact) mass is 346 g/mol. The third kappa shape index (κ3) is 3.20. The van der Waals surface area contributed by atoms with Crippen molar-refractivity contribution in [1.82, 2.24) is 9.88 Å². The normalized spacial score (nSPS) is 20.3. The van der Waals surface area contributed by atoms with E-state index in [-0.39, 0.29) is 11.8 Å². The van der Waals surface area contributed by atoms with Crippen molar-refractivity contribution in [2.45, 2.75) is 25.4 Å². The summed E-state index contributed by atoms with van der Waals surface area (Å²) in [6.07, 6.45) is 1.80. The molecule has 0 spiro atoms. The van der Waals surface area contributed by atoms with Crippen LogP contribution in [0.5, 0.6) is 0 Å². The summed E-state index contributed by atoms with van der Waals surface area (Å²) >= 11 is 0. The molecule has 4 nitrogen and oxygen atoms in total. The summed E-state index contributed by atoms with van der Waals surface area (Å²) in [5.41, 5.74) is 2.60. The first-order valence-corrected chi connectivity index (χ1v) is 9.00. The predicted molar refractivity (Wildman–Crippen MR) is 102 cm³/mol. The van der Waals surface area contributed by atoms with Gasteiger partial charge in [0.25, 0.3) is 5.91 Å². The van der Waals surface area contributed by atoms with Crippen LogP contribution in [0.4, 0.5) is 0 Å². The molecule has 2 atom stereocenters. The topological polar surface area (TPSA) is 53.4 Å². The van der Waals surface area contributed by atoms with Crippen LogP contribution >= 0.6 is 0 Å². The quantitative estimate of drug-likeness (QED) is 0.772. The Morgan fingerprint density at radius 1 is 1.12 bits per heavy atom. The van der Waals surface area contributed by atoms with Gasteiger partial charge in [0.05, 0.1) is 11.7 Å². The fourth-order valence-electron chi connectivity index (χ4n) is 3.72. The summed E-state index contributed by atoms with van der Waals surface area (Å²) in [4.78, 5) is 18.6. The summed E-state index contributed by atoms with van der Waals surface area (Å²) in [5, 5.41) is 13.1. The van der Waals surface area contributed by atoms with Gasteiger partial charge in [0, 0.05) is 30.9 Å². The summed E-state index contributed by atoms with van der Waals surface area (Å²) < 4.78 is 0. The number of carbonyl (C=O) groups is 1. The molecule has 0 bridgehead atoms. The molecule has 0 aliphatic carbocycles. The Morgan fingerprint density at radius 2 is 1.92 bits per heavy atom. The van der Waals surface area contributed by atoms with Crippen LogP contribution in [0.15, 0.2) is 60.8 Å². The maximum absolute atomic E-state index is 12.6. The second kappa shape index (κ2) is 6.89. The molecule has 1 aliphatic rings. The molecule has 1 saturated heterocycles. The minimum Gasteiger partial charge on any atom is -0.391 e. The molecule has 0 saturated carbocycles. The molecular formula is C22H22N2O2. The highest BCUT2D eigenvalue weighted by molar-refractivity contribution is 5.94. The number of aromatic nitrogens is 1. The van der Waals surface area contributed by atoms with E-state index in [1.165, 1.54) is 10.8 Å². The number of hydrogen-bond donors (Lipinski definition) is 1. The number of pyridine rings is 1. The first-order valence-electron chi connectivity index (χ1n) is 9.00. The number of piperidine rings is 1. The molecule has 4 heteroatoms. The number of aryl methyl sites for hydroxylation is 1. The van der Waals surface area contributed by atoms with E-state index in [0.717, 1.165) is 17.7 Å². The molecule has 1 N–H and O–H groups in total. The van der Waals surface area contributed by atoms with E-state index in [9.17, 15) is 9.90 Å². The van der Waals surface area contributed by atoms with E-state index >= 15 is 0 Å². The second-order valence-electron chi connectivity index (χ2n) is 7.01. The first kappa shape index (κ1) is 16.7. The Bertz CT molecular complexity index is 936. The van der Waals surface area contributed by atoms with Crippen LogP contribution < -0.4 is 0 Å². The van der Waals surface area contributed by atoms with Gasteiger partial charge in [-0.05, 0) is 41.8 Å². The van der Waals surface area contributed by atoms with E-state index in [1.54, 1.807) is 17.2 Å². The van der Waals surface area contributed by atoms with Crippen LogP contribution in [0.25, 0.3) is 10.8 Å². The number of carbonyl (C=O) groups excluding carboxylic acids is 1. The van der Waals surface area contributed by atoms with Crippen molar-refractivity contribution in [1.29, 1.82) is 0 Å². The molecule has 1 aromatic heterocycles. The number of fused-ring (bicyclic) bond motifs is 1. The molecule has 26 heavy (non-hydrogen) atoms. The molecule has 1 amide bonds. The SMILES string of the molecule is Cc1ccc(C(=O)N2CC[C@H](c3ccc4ccccc4c3)[C@@H](O)C2)cn1. The van der Waals surface area contributed by atoms with Gasteiger partial charge in [0.1, 0.15) is 0 Å². The molecule has 3 aromatic rings. The lowest BCUT2D eigenvalue weighted by Crippen LogP contribution is -2.45. The van der Waals surface area contributed by atoms with Crippen LogP contribution in [0.3, 0.4) is 0 Å². The Labute approximate surface area is 153 Å². The number of hydrogen-bond acceptors (Lipinski definition) is 3. The fraction of sp³-hybridized carbons (Fsp3) is 0.273. The van der Waals surface area contributed by atoms with E-state index < -0.39 is 6.10 Å². The minimum absolute atomic E-state index is 0.0554. The number of benzene rings is 2. The molecule has 2 heterocycles. The van der Waals surface area contributed by atoms with Crippen molar-refractivity contribution < 1.29 is 9.90 Å². The number of β-amino-alcohol motifs (C(OH)–C–C–N with tert-alkyl or cyclic N) is 1. The molecule has 0 unspecified atom stereocenters. The average Bonchev–Trinajstić information content (AvgIpc) is 2.67. The molecular weight excluding hydrogens is 324 g/mol. The lowest BCUT2D eigenvalue weighted by atomic mass is 9.86. The van der Waals surface area contributed by atoms with Crippen LogP contribution in [0.1, 0.15) is 34.0 Å². The lowest BCUT2D eigenvalue weighted by molar-refractivity contribution is 0.0382. The van der Waals surface area contributed by atoms with Crippen LogP contribution in [-0.4, -0.2) is 40.1 Å². The highest BCUT2D eigenvalue weighted by atomic mass is 16.3. The zero-order valence-electron chi connectivity index (χ0n) is 14.8. The summed E-state index contributed by atoms with van der Waals surface area (Å²) in [6.45, 7) is 2.89. The molecule has 1 aliphatic heterocycles. The maximum atomic E-state index is 12.6. The van der Waals surface area contributed by atoms with Gasteiger partial charge in [-0.2, -0.15) is 0 Å². The average molecular weight is 346 g/mol. The third-order valence-corrected chi connectivity index (χ3v) is 5.23. The number of nitrogens with zero attached hydrogens (tertiary/aromatic N) is 2. The van der Waals surface area contributed by atoms with Gasteiger partial charge in [0.15, 0.2) is 0 Å². The Kier molecular flexibility index (Phi) is 4.43. The van der Waals surface area contributed by atoms with E-state index in [4.69, 9.17) is 0 Å². The largest absolute Gasteiger partial charge is 0.391 e. The first-order chi connectivity index (χ1) is 12.6. The van der Waals surface area contributed by atoms with Crippen LogP contribution in [-0.2, 0) is 0 Å². The standard InChI is InChI=1S/C22H22N2O2/c1-15-6-7-19(13-23-15)22(26)24-11-10-20(21(25)14-24)18-9-8-16-4-2-3-5-17(16)12-18/h2-9,12-13,20-21,25H,10-11,14H2,1H3/t20-,21+/m1/s1. The zero-order chi connectivity index (χ0) is 18.1. The molecule has 0 radical (unpaired) electrons. The highest BCUT2D eigenvalue weighted by Crippen LogP contribution is 2.31. The Balaban J connectivity index is 1.50. The van der Waals surface area contributed by atoms with Gasteiger partial charge in [0.2, 0.25) is 0 Å². The van der Waals surface area contributed by atoms with Crippen molar-refractivity contribution >= 4 is 16.7 Å². The van der Waals surface area contributed by atoms with E-state index in [2.05, 4.69) is 35.3 Å². The van der Waals surface area contributed by atoms with Crippen molar-refractivity contribution in [2.24, 2.45) is 0 Å². The predicted octanol–water partition coefficient (Wildman–Crippen LogP) is 3.53. The summed E-state index contributed by atoms with van der Waals surface area (Å²) in [5.74, 6) is -0.00619. The van der Waals surface area contributed by atoms with Gasteiger partial charge >= 0.3 is 0 Å². The van der Waals surface area contributed by atoms with Gasteiger partial charge in [-0.1, -0.05) is 42.5 Å². The second-order valence-corrected chi connectivity index (χ2v) is 7.01. The van der Waals surface area contributed by atoms with Crippen molar-refractivity contribution in [3.8, 4) is 0 Å². The maximum Gasteiger partial charge on any atom is 0.255 e. The fourth-order valence-corrected chi connectivity index (χ4v) is 3.72. The molecule has 4 rings (SSSR count). The van der Waals surface area contributed by atoms with Crippen LogP contribution in [0, 0.1) is 6.92 Å². The van der Waals surface area contributed by atoms with Gasteiger partial charge in [-0.25, -0.2) is 0 Å².